The summed E-state index contributed by atoms with van der Waals surface area (Å²) in [5.41, 5.74) is 2.93. The minimum absolute atomic E-state index is 0.0566. The Morgan fingerprint density at radius 3 is 2.30 bits per heavy atom. The van der Waals surface area contributed by atoms with E-state index in [1.807, 2.05) is 103 Å². The lowest BCUT2D eigenvalue weighted by atomic mass is 10.1. The molecule has 3 aromatic carbocycles. The van der Waals surface area contributed by atoms with E-state index < -0.39 is 0 Å². The maximum Gasteiger partial charge on any atom is 0.230 e. The Morgan fingerprint density at radius 2 is 1.64 bits per heavy atom. The van der Waals surface area contributed by atoms with Gasteiger partial charge < -0.3 is 10.1 Å². The van der Waals surface area contributed by atoms with Gasteiger partial charge in [-0.3, -0.25) is 9.36 Å². The summed E-state index contributed by atoms with van der Waals surface area (Å²) in [6.07, 6.45) is 0. The zero-order valence-corrected chi connectivity index (χ0v) is 19.5. The van der Waals surface area contributed by atoms with E-state index in [9.17, 15) is 4.79 Å². The molecule has 33 heavy (non-hydrogen) atoms. The number of carbonyl (C=O) groups is 1. The van der Waals surface area contributed by atoms with E-state index in [1.165, 1.54) is 11.8 Å². The molecular formula is C26H26N4O2S. The van der Waals surface area contributed by atoms with E-state index in [0.29, 0.717) is 11.8 Å². The largest absolute Gasteiger partial charge is 0.494 e. The number of thioether (sulfide) groups is 1. The number of nitrogens with zero attached hydrogens (tertiary/aromatic N) is 3. The summed E-state index contributed by atoms with van der Waals surface area (Å²) in [6.45, 7) is 4.55. The Kier molecular flexibility index (Phi) is 7.42. The van der Waals surface area contributed by atoms with Crippen LogP contribution in [0.4, 0.5) is 0 Å². The number of benzene rings is 3. The van der Waals surface area contributed by atoms with Crippen molar-refractivity contribution in [2.45, 2.75) is 25.0 Å². The molecule has 1 amide bonds. The molecular weight excluding hydrogens is 432 g/mol. The molecule has 0 saturated heterocycles. The minimum Gasteiger partial charge on any atom is -0.494 e. The minimum atomic E-state index is -0.0665. The van der Waals surface area contributed by atoms with Crippen LogP contribution in [-0.4, -0.2) is 33.0 Å². The standard InChI is InChI=1S/C26H26N4O2S/c1-3-32-23-16-14-22(15-17-23)30-25(21-12-8-5-9-13-21)28-29-26(30)33-18-24(31)27-19(2)20-10-6-4-7-11-20/h4-17,19H,3,18H2,1-2H3,(H,27,31). The van der Waals surface area contributed by atoms with E-state index in [4.69, 9.17) is 4.74 Å². The summed E-state index contributed by atoms with van der Waals surface area (Å²) in [4.78, 5) is 12.6. The van der Waals surface area contributed by atoms with Gasteiger partial charge in [0.05, 0.1) is 18.4 Å². The average Bonchev–Trinajstić information content (AvgIpc) is 3.28. The lowest BCUT2D eigenvalue weighted by Crippen LogP contribution is -2.28. The Hall–Kier alpha value is -3.58. The van der Waals surface area contributed by atoms with Crippen molar-refractivity contribution in [2.75, 3.05) is 12.4 Å². The number of hydrogen-bond acceptors (Lipinski definition) is 5. The monoisotopic (exact) mass is 458 g/mol. The summed E-state index contributed by atoms with van der Waals surface area (Å²) in [7, 11) is 0. The zero-order valence-electron chi connectivity index (χ0n) is 18.6. The quantitative estimate of drug-likeness (QED) is 0.345. The molecule has 1 aromatic heterocycles. The van der Waals surface area contributed by atoms with E-state index in [1.54, 1.807) is 0 Å². The molecule has 1 unspecified atom stereocenters. The fourth-order valence-corrected chi connectivity index (χ4v) is 4.23. The van der Waals surface area contributed by atoms with Gasteiger partial charge in [-0.05, 0) is 43.7 Å². The van der Waals surface area contributed by atoms with Gasteiger partial charge in [0.25, 0.3) is 0 Å². The Labute approximate surface area is 198 Å². The lowest BCUT2D eigenvalue weighted by molar-refractivity contribution is -0.119. The van der Waals surface area contributed by atoms with E-state index in [0.717, 1.165) is 28.4 Å². The number of rotatable bonds is 9. The predicted molar refractivity (Wildman–Crippen MR) is 132 cm³/mol. The highest BCUT2D eigenvalue weighted by Crippen LogP contribution is 2.29. The second kappa shape index (κ2) is 10.8. The van der Waals surface area contributed by atoms with Crippen molar-refractivity contribution in [3.05, 3.63) is 90.5 Å². The van der Waals surface area contributed by atoms with Gasteiger partial charge in [0.15, 0.2) is 11.0 Å². The van der Waals surface area contributed by atoms with Crippen molar-refractivity contribution < 1.29 is 9.53 Å². The number of ether oxygens (including phenoxy) is 1. The molecule has 7 heteroatoms. The number of amides is 1. The van der Waals surface area contributed by atoms with E-state index >= 15 is 0 Å². The number of nitrogens with one attached hydrogen (secondary N) is 1. The maximum absolute atomic E-state index is 12.6. The fourth-order valence-electron chi connectivity index (χ4n) is 3.47. The van der Waals surface area contributed by atoms with Gasteiger partial charge in [0.2, 0.25) is 5.91 Å². The fraction of sp³-hybridized carbons (Fsp3) is 0.192. The van der Waals surface area contributed by atoms with Crippen LogP contribution in [0.1, 0.15) is 25.5 Å². The lowest BCUT2D eigenvalue weighted by Gasteiger charge is -2.14. The van der Waals surface area contributed by atoms with Crippen LogP contribution < -0.4 is 10.1 Å². The molecule has 1 N–H and O–H groups in total. The maximum atomic E-state index is 12.6. The first-order valence-electron chi connectivity index (χ1n) is 10.9. The normalized spacial score (nSPS) is 11.7. The molecule has 0 bridgehead atoms. The summed E-state index contributed by atoms with van der Waals surface area (Å²) in [5.74, 6) is 1.71. The van der Waals surface area contributed by atoms with Gasteiger partial charge in [-0.15, -0.1) is 10.2 Å². The topological polar surface area (TPSA) is 69.0 Å². The number of aromatic nitrogens is 3. The van der Waals surface area contributed by atoms with Gasteiger partial charge in [-0.1, -0.05) is 72.4 Å². The third-order valence-corrected chi connectivity index (χ3v) is 6.01. The van der Waals surface area contributed by atoms with E-state index in [2.05, 4.69) is 15.5 Å². The Morgan fingerprint density at radius 1 is 0.970 bits per heavy atom. The van der Waals surface area contributed by atoms with Crippen LogP contribution in [-0.2, 0) is 4.79 Å². The molecule has 0 saturated carbocycles. The van der Waals surface area contributed by atoms with Crippen molar-refractivity contribution in [2.24, 2.45) is 0 Å². The molecule has 1 heterocycles. The van der Waals surface area contributed by atoms with Crippen LogP contribution in [0.25, 0.3) is 17.1 Å². The highest BCUT2D eigenvalue weighted by molar-refractivity contribution is 7.99. The van der Waals surface area contributed by atoms with Crippen LogP contribution >= 0.6 is 11.8 Å². The zero-order chi connectivity index (χ0) is 23.0. The van der Waals surface area contributed by atoms with Crippen molar-refractivity contribution in [1.29, 1.82) is 0 Å². The van der Waals surface area contributed by atoms with Crippen LogP contribution in [0.5, 0.6) is 5.75 Å². The molecule has 168 valence electrons. The first-order chi connectivity index (χ1) is 16.2. The SMILES string of the molecule is CCOc1ccc(-n2c(SCC(=O)NC(C)c3ccccc3)nnc2-c2ccccc2)cc1. The molecule has 0 fully saturated rings. The summed E-state index contributed by atoms with van der Waals surface area (Å²) in [5, 5.41) is 12.5. The van der Waals surface area contributed by atoms with Gasteiger partial charge in [-0.2, -0.15) is 0 Å². The molecule has 6 nitrogen and oxygen atoms in total. The molecule has 0 aliphatic heterocycles. The van der Waals surface area contributed by atoms with Crippen molar-refractivity contribution in [3.8, 4) is 22.8 Å². The second-order valence-electron chi connectivity index (χ2n) is 7.42. The predicted octanol–water partition coefficient (Wildman–Crippen LogP) is 5.30. The molecule has 0 spiro atoms. The van der Waals surface area contributed by atoms with Crippen molar-refractivity contribution >= 4 is 17.7 Å². The van der Waals surface area contributed by atoms with Crippen LogP contribution in [0.2, 0.25) is 0 Å². The molecule has 4 aromatic rings. The smallest absolute Gasteiger partial charge is 0.230 e. The van der Waals surface area contributed by atoms with Crippen molar-refractivity contribution in [1.82, 2.24) is 20.1 Å². The van der Waals surface area contributed by atoms with Crippen LogP contribution in [0.15, 0.2) is 90.1 Å². The summed E-state index contributed by atoms with van der Waals surface area (Å²) in [6, 6.07) is 27.6. The van der Waals surface area contributed by atoms with Gasteiger partial charge >= 0.3 is 0 Å². The van der Waals surface area contributed by atoms with Gasteiger partial charge in [0.1, 0.15) is 5.75 Å². The third kappa shape index (κ3) is 5.62. The molecule has 0 aliphatic rings. The van der Waals surface area contributed by atoms with Crippen LogP contribution in [0.3, 0.4) is 0 Å². The molecule has 0 aliphatic carbocycles. The first-order valence-corrected chi connectivity index (χ1v) is 11.9. The van der Waals surface area contributed by atoms with Crippen molar-refractivity contribution in [3.63, 3.8) is 0 Å². The Balaban J connectivity index is 1.55. The second-order valence-corrected chi connectivity index (χ2v) is 8.37. The number of carbonyl (C=O) groups excluding carboxylic acids is 1. The molecule has 0 radical (unpaired) electrons. The Bertz CT molecular complexity index is 1180. The molecule has 4 rings (SSSR count). The summed E-state index contributed by atoms with van der Waals surface area (Å²) < 4.78 is 7.55. The van der Waals surface area contributed by atoms with Gasteiger partial charge in [-0.25, -0.2) is 0 Å². The highest BCUT2D eigenvalue weighted by Gasteiger charge is 2.18. The number of hydrogen-bond donors (Lipinski definition) is 1. The molecule has 1 atom stereocenters. The third-order valence-electron chi connectivity index (χ3n) is 5.08. The highest BCUT2D eigenvalue weighted by atomic mass is 32.2. The summed E-state index contributed by atoms with van der Waals surface area (Å²) >= 11 is 1.36. The van der Waals surface area contributed by atoms with Crippen LogP contribution in [0, 0.1) is 0 Å². The average molecular weight is 459 g/mol. The van der Waals surface area contributed by atoms with Gasteiger partial charge in [0, 0.05) is 11.3 Å². The first kappa shape index (κ1) is 22.6. The van der Waals surface area contributed by atoms with E-state index in [-0.39, 0.29) is 17.7 Å².